The SMILES string of the molecule is C/C=C(C1=C/C=C\C=C/C=C/C=C/C=C\1)\N(/C=C/C(C)C)c1ccccc1-c1ccc(CCC)[nH]1.CC. The average Bonchev–Trinajstić information content (AvgIpc) is 3.37. The van der Waals surface area contributed by atoms with Gasteiger partial charge in [0.15, 0.2) is 0 Å². The Morgan fingerprint density at radius 1 is 0.865 bits per heavy atom. The summed E-state index contributed by atoms with van der Waals surface area (Å²) in [6, 6.07) is 13.0. The lowest BCUT2D eigenvalue weighted by atomic mass is 10.0. The standard InChI is InChI=1S/C33H38N2.C2H6/c1-5-18-29-23-24-31(34-29)30-21-16-17-22-33(30)35(26-25-27(3)4)32(6-2)28-19-14-12-10-8-7-9-11-13-15-20-28;1-2/h6-17,19-27,34H,5,18H2,1-4H3;1-2H3/b8-7+,9-7?,10-8?,11-9-,12-10+,13-11?,14-12?,15-13-,19-14-,20-15?,26-25+,28-19?,28-20+,32-6-;. The minimum Gasteiger partial charge on any atom is -0.358 e. The second kappa shape index (κ2) is 16.8. The highest BCUT2D eigenvalue weighted by molar-refractivity contribution is 5.80. The molecule has 0 amide bonds. The van der Waals surface area contributed by atoms with E-state index < -0.39 is 0 Å². The number of benzene rings is 1. The molecule has 1 aromatic heterocycles. The summed E-state index contributed by atoms with van der Waals surface area (Å²) in [6.07, 6.45) is 31.7. The summed E-state index contributed by atoms with van der Waals surface area (Å²) in [4.78, 5) is 5.95. The number of nitrogens with one attached hydrogen (secondary N) is 1. The predicted molar refractivity (Wildman–Crippen MR) is 166 cm³/mol. The molecule has 0 spiro atoms. The molecule has 1 aliphatic carbocycles. The van der Waals surface area contributed by atoms with E-state index >= 15 is 0 Å². The van der Waals surface area contributed by atoms with E-state index in [4.69, 9.17) is 0 Å². The topological polar surface area (TPSA) is 19.0 Å². The molecule has 0 fully saturated rings. The number of anilines is 1. The molecule has 194 valence electrons. The summed E-state index contributed by atoms with van der Waals surface area (Å²) in [5.41, 5.74) is 7.00. The molecule has 0 atom stereocenters. The number of hydrogen-bond acceptors (Lipinski definition) is 1. The minimum absolute atomic E-state index is 0.435. The van der Waals surface area contributed by atoms with Crippen molar-refractivity contribution in [2.24, 2.45) is 5.92 Å². The lowest BCUT2D eigenvalue weighted by Crippen LogP contribution is -2.18. The van der Waals surface area contributed by atoms with Crippen LogP contribution in [0.2, 0.25) is 0 Å². The van der Waals surface area contributed by atoms with Crippen LogP contribution in [0.4, 0.5) is 5.69 Å². The summed E-state index contributed by atoms with van der Waals surface area (Å²) in [6.45, 7) is 12.7. The molecule has 0 unspecified atom stereocenters. The Balaban J connectivity index is 0.00000235. The van der Waals surface area contributed by atoms with Crippen LogP contribution in [-0.2, 0) is 6.42 Å². The first-order valence-electron chi connectivity index (χ1n) is 13.6. The van der Waals surface area contributed by atoms with Gasteiger partial charge >= 0.3 is 0 Å². The molecule has 2 aromatic rings. The van der Waals surface area contributed by atoms with Gasteiger partial charge in [0.25, 0.3) is 0 Å². The van der Waals surface area contributed by atoms with E-state index in [1.807, 2.05) is 44.2 Å². The molecular formula is C35H44N2. The molecule has 0 saturated carbocycles. The number of aryl methyl sites for hydroxylation is 1. The largest absolute Gasteiger partial charge is 0.358 e. The second-order valence-electron chi connectivity index (χ2n) is 8.81. The molecule has 1 N–H and O–H groups in total. The van der Waals surface area contributed by atoms with E-state index in [9.17, 15) is 0 Å². The van der Waals surface area contributed by atoms with E-state index in [0.717, 1.165) is 35.5 Å². The van der Waals surface area contributed by atoms with Crippen molar-refractivity contribution in [1.82, 2.24) is 4.98 Å². The fourth-order valence-corrected chi connectivity index (χ4v) is 3.91. The third-order valence-corrected chi connectivity index (χ3v) is 5.61. The van der Waals surface area contributed by atoms with Crippen molar-refractivity contribution in [1.29, 1.82) is 0 Å². The quantitative estimate of drug-likeness (QED) is 0.388. The number of para-hydroxylation sites is 1. The number of aromatic nitrogens is 1. The zero-order valence-corrected chi connectivity index (χ0v) is 23.5. The number of H-pyrrole nitrogens is 1. The van der Waals surface area contributed by atoms with E-state index in [1.54, 1.807) is 0 Å². The van der Waals surface area contributed by atoms with Gasteiger partial charge in [-0.3, -0.25) is 0 Å². The summed E-state index contributed by atoms with van der Waals surface area (Å²) in [5.74, 6) is 0.435. The highest BCUT2D eigenvalue weighted by atomic mass is 15.1. The van der Waals surface area contributed by atoms with Crippen LogP contribution in [0, 0.1) is 5.92 Å². The maximum Gasteiger partial charge on any atom is 0.0548 e. The van der Waals surface area contributed by atoms with Gasteiger partial charge in [-0.2, -0.15) is 0 Å². The third kappa shape index (κ3) is 9.31. The number of rotatable bonds is 8. The van der Waals surface area contributed by atoms with Crippen molar-refractivity contribution < 1.29 is 0 Å². The molecule has 0 aliphatic heterocycles. The monoisotopic (exact) mass is 492 g/mol. The van der Waals surface area contributed by atoms with Gasteiger partial charge in [-0.05, 0) is 43.0 Å². The molecule has 0 bridgehead atoms. The summed E-state index contributed by atoms with van der Waals surface area (Å²) >= 11 is 0. The normalized spacial score (nSPS) is 19.5. The number of aromatic amines is 1. The average molecular weight is 493 g/mol. The predicted octanol–water partition coefficient (Wildman–Crippen LogP) is 10.3. The van der Waals surface area contributed by atoms with Crippen LogP contribution in [0.25, 0.3) is 11.3 Å². The van der Waals surface area contributed by atoms with Crippen molar-refractivity contribution in [2.75, 3.05) is 4.90 Å². The zero-order valence-electron chi connectivity index (χ0n) is 23.5. The van der Waals surface area contributed by atoms with Gasteiger partial charge < -0.3 is 9.88 Å². The van der Waals surface area contributed by atoms with Gasteiger partial charge in [-0.15, -0.1) is 0 Å². The lowest BCUT2D eigenvalue weighted by molar-refractivity contribution is 0.826. The Bertz CT molecular complexity index is 1190. The van der Waals surface area contributed by atoms with Crippen molar-refractivity contribution in [3.63, 3.8) is 0 Å². The van der Waals surface area contributed by atoms with E-state index in [0.29, 0.717) is 5.92 Å². The molecule has 3 rings (SSSR count). The zero-order chi connectivity index (χ0) is 26.9. The van der Waals surface area contributed by atoms with Gasteiger partial charge in [0.2, 0.25) is 0 Å². The summed E-state index contributed by atoms with van der Waals surface area (Å²) in [7, 11) is 0. The number of hydrogen-bond donors (Lipinski definition) is 1. The van der Waals surface area contributed by atoms with Crippen molar-refractivity contribution in [3.05, 3.63) is 139 Å². The van der Waals surface area contributed by atoms with Crippen molar-refractivity contribution in [2.45, 2.75) is 54.4 Å². The second-order valence-corrected chi connectivity index (χ2v) is 8.81. The van der Waals surface area contributed by atoms with Crippen LogP contribution >= 0.6 is 0 Å². The van der Waals surface area contributed by atoms with Gasteiger partial charge in [-0.1, -0.05) is 138 Å². The van der Waals surface area contributed by atoms with E-state index in [1.165, 1.54) is 11.3 Å². The maximum atomic E-state index is 3.64. The molecular weight excluding hydrogens is 448 g/mol. The third-order valence-electron chi connectivity index (χ3n) is 5.61. The Morgan fingerprint density at radius 3 is 2.16 bits per heavy atom. The van der Waals surface area contributed by atoms with Crippen LogP contribution < -0.4 is 4.90 Å². The van der Waals surface area contributed by atoms with Crippen molar-refractivity contribution >= 4 is 5.69 Å². The summed E-state index contributed by atoms with van der Waals surface area (Å²) in [5, 5.41) is 0. The van der Waals surface area contributed by atoms with Crippen LogP contribution in [0.15, 0.2) is 133 Å². The Hall–Kier alpha value is -3.78. The fourth-order valence-electron chi connectivity index (χ4n) is 3.91. The fraction of sp³-hybridized carbons (Fsp3) is 0.257. The Labute approximate surface area is 225 Å². The van der Waals surface area contributed by atoms with Gasteiger partial charge in [0.05, 0.1) is 5.69 Å². The summed E-state index contributed by atoms with van der Waals surface area (Å²) < 4.78 is 0. The molecule has 0 saturated heterocycles. The van der Waals surface area contributed by atoms with Crippen LogP contribution in [0.1, 0.15) is 53.7 Å². The van der Waals surface area contributed by atoms with E-state index in [-0.39, 0.29) is 0 Å². The molecule has 0 radical (unpaired) electrons. The van der Waals surface area contributed by atoms with Gasteiger partial charge in [0.1, 0.15) is 0 Å². The van der Waals surface area contributed by atoms with Crippen LogP contribution in [0.5, 0.6) is 0 Å². The molecule has 1 aliphatic rings. The Morgan fingerprint density at radius 2 is 1.51 bits per heavy atom. The number of allylic oxidation sites excluding steroid dienone is 13. The van der Waals surface area contributed by atoms with Gasteiger partial charge in [0, 0.05) is 28.8 Å². The van der Waals surface area contributed by atoms with Crippen LogP contribution in [-0.4, -0.2) is 4.98 Å². The molecule has 1 aromatic carbocycles. The first kappa shape index (κ1) is 29.5. The number of nitrogens with zero attached hydrogens (tertiary/aromatic N) is 1. The molecule has 2 nitrogen and oxygen atoms in total. The van der Waals surface area contributed by atoms with Gasteiger partial charge in [-0.25, -0.2) is 0 Å². The van der Waals surface area contributed by atoms with Crippen molar-refractivity contribution in [3.8, 4) is 11.3 Å². The Kier molecular flexibility index (Phi) is 13.4. The maximum absolute atomic E-state index is 3.64. The minimum atomic E-state index is 0.435. The molecule has 37 heavy (non-hydrogen) atoms. The highest BCUT2D eigenvalue weighted by Gasteiger charge is 2.17. The highest BCUT2D eigenvalue weighted by Crippen LogP contribution is 2.35. The first-order chi connectivity index (χ1) is 18.1. The molecule has 2 heteroatoms. The molecule has 1 heterocycles. The first-order valence-corrected chi connectivity index (χ1v) is 13.6. The smallest absolute Gasteiger partial charge is 0.0548 e. The van der Waals surface area contributed by atoms with Crippen LogP contribution in [0.3, 0.4) is 0 Å². The van der Waals surface area contributed by atoms with E-state index in [2.05, 4.69) is 129 Å². The lowest BCUT2D eigenvalue weighted by Gasteiger charge is -2.27.